The van der Waals surface area contributed by atoms with E-state index in [-0.39, 0.29) is 5.91 Å². The van der Waals surface area contributed by atoms with Gasteiger partial charge in [-0.15, -0.1) is 0 Å². The molecule has 0 saturated carbocycles. The quantitative estimate of drug-likeness (QED) is 0.696. The van der Waals surface area contributed by atoms with E-state index in [2.05, 4.69) is 44.5 Å². The zero-order valence-corrected chi connectivity index (χ0v) is 16.5. The van der Waals surface area contributed by atoms with Gasteiger partial charge in [-0.05, 0) is 31.0 Å². The van der Waals surface area contributed by atoms with Crippen LogP contribution < -0.4 is 10.2 Å². The van der Waals surface area contributed by atoms with E-state index in [4.69, 9.17) is 4.42 Å². The van der Waals surface area contributed by atoms with Gasteiger partial charge in [0.1, 0.15) is 5.82 Å². The maximum Gasteiger partial charge on any atom is 0.289 e. The normalized spacial score (nSPS) is 14.1. The van der Waals surface area contributed by atoms with Crippen LogP contribution in [-0.2, 0) is 6.42 Å². The Kier molecular flexibility index (Phi) is 5.74. The van der Waals surface area contributed by atoms with E-state index in [9.17, 15) is 4.79 Å². The summed E-state index contributed by atoms with van der Waals surface area (Å²) < 4.78 is 5.22. The molecule has 1 amide bonds. The molecular formula is C22H25N5O2. The third kappa shape index (κ3) is 4.74. The Bertz CT molecular complexity index is 935. The lowest BCUT2D eigenvalue weighted by Crippen LogP contribution is -2.49. The first-order valence-corrected chi connectivity index (χ1v) is 9.90. The van der Waals surface area contributed by atoms with Crippen LogP contribution in [0.5, 0.6) is 0 Å². The highest BCUT2D eigenvalue weighted by atomic mass is 16.3. The molecule has 1 aliphatic heterocycles. The minimum atomic E-state index is -0.0666. The monoisotopic (exact) mass is 391 g/mol. The second-order valence-corrected chi connectivity index (χ2v) is 7.11. The summed E-state index contributed by atoms with van der Waals surface area (Å²) in [6, 6.07) is 15.8. The highest BCUT2D eigenvalue weighted by Crippen LogP contribution is 2.17. The van der Waals surface area contributed by atoms with Crippen LogP contribution in [0.15, 0.2) is 59.2 Å². The summed E-state index contributed by atoms with van der Waals surface area (Å²) in [4.78, 5) is 25.6. The van der Waals surface area contributed by atoms with Gasteiger partial charge in [0.05, 0.1) is 6.26 Å². The van der Waals surface area contributed by atoms with Gasteiger partial charge in [-0.25, -0.2) is 4.98 Å². The van der Waals surface area contributed by atoms with E-state index < -0.39 is 0 Å². The molecular weight excluding hydrogens is 366 g/mol. The van der Waals surface area contributed by atoms with Gasteiger partial charge in [0, 0.05) is 44.5 Å². The van der Waals surface area contributed by atoms with Gasteiger partial charge >= 0.3 is 0 Å². The molecule has 1 N–H and O–H groups in total. The second-order valence-electron chi connectivity index (χ2n) is 7.11. The molecule has 0 radical (unpaired) electrons. The Morgan fingerprint density at radius 2 is 1.86 bits per heavy atom. The maximum atomic E-state index is 12.4. The van der Waals surface area contributed by atoms with Crippen molar-refractivity contribution in [1.29, 1.82) is 0 Å². The number of nitrogens with zero attached hydrogens (tertiary/aromatic N) is 4. The number of carbonyl (C=O) groups is 1. The molecule has 4 rings (SSSR count). The molecule has 0 unspecified atom stereocenters. The van der Waals surface area contributed by atoms with Gasteiger partial charge in [0.25, 0.3) is 5.91 Å². The van der Waals surface area contributed by atoms with E-state index in [1.165, 1.54) is 11.8 Å². The average Bonchev–Trinajstić information content (AvgIpc) is 3.29. The van der Waals surface area contributed by atoms with Crippen molar-refractivity contribution in [2.24, 2.45) is 0 Å². The Hall–Kier alpha value is -3.35. The zero-order chi connectivity index (χ0) is 20.1. The van der Waals surface area contributed by atoms with Crippen LogP contribution in [0.25, 0.3) is 0 Å². The first-order valence-electron chi connectivity index (χ1n) is 9.90. The summed E-state index contributed by atoms with van der Waals surface area (Å²) in [5.41, 5.74) is 2.22. The van der Waals surface area contributed by atoms with Gasteiger partial charge in [0.15, 0.2) is 5.76 Å². The molecule has 1 fully saturated rings. The molecule has 1 aromatic carbocycles. The number of piperazine rings is 1. The predicted octanol–water partition coefficient (Wildman–Crippen LogP) is 3.00. The molecule has 3 heterocycles. The fourth-order valence-electron chi connectivity index (χ4n) is 3.43. The van der Waals surface area contributed by atoms with Crippen LogP contribution in [0.4, 0.5) is 11.8 Å². The van der Waals surface area contributed by atoms with Crippen molar-refractivity contribution in [2.75, 3.05) is 42.9 Å². The van der Waals surface area contributed by atoms with E-state index in [0.717, 1.165) is 24.5 Å². The van der Waals surface area contributed by atoms with Crippen molar-refractivity contribution in [3.8, 4) is 0 Å². The molecule has 7 heteroatoms. The number of furan rings is 1. The van der Waals surface area contributed by atoms with E-state index in [0.29, 0.717) is 37.9 Å². The fourth-order valence-corrected chi connectivity index (χ4v) is 3.43. The van der Waals surface area contributed by atoms with Gasteiger partial charge < -0.3 is 19.5 Å². The maximum absolute atomic E-state index is 12.4. The number of amides is 1. The minimum absolute atomic E-state index is 0.0666. The third-order valence-electron chi connectivity index (χ3n) is 4.99. The second kappa shape index (κ2) is 8.77. The number of aryl methyl sites for hydroxylation is 1. The Morgan fingerprint density at radius 3 is 2.59 bits per heavy atom. The fraction of sp³-hybridized carbons (Fsp3) is 0.318. The predicted molar refractivity (Wildman–Crippen MR) is 112 cm³/mol. The standard InChI is InChI=1S/C22H25N5O2/c1-17-16-20(23-10-9-18-6-3-2-4-7-18)25-22(24-17)27-13-11-26(12-14-27)21(28)19-8-5-15-29-19/h2-8,15-16H,9-14H2,1H3,(H,23,24,25). The van der Waals surface area contributed by atoms with Gasteiger partial charge in [-0.2, -0.15) is 4.98 Å². The summed E-state index contributed by atoms with van der Waals surface area (Å²) in [6.45, 7) is 5.41. The largest absolute Gasteiger partial charge is 0.459 e. The van der Waals surface area contributed by atoms with Crippen LogP contribution in [-0.4, -0.2) is 53.5 Å². The molecule has 7 nitrogen and oxygen atoms in total. The van der Waals surface area contributed by atoms with Gasteiger partial charge in [-0.1, -0.05) is 30.3 Å². The zero-order valence-electron chi connectivity index (χ0n) is 16.5. The number of hydrogen-bond acceptors (Lipinski definition) is 6. The first kappa shape index (κ1) is 19.0. The molecule has 1 saturated heterocycles. The van der Waals surface area contributed by atoms with Crippen molar-refractivity contribution >= 4 is 17.7 Å². The Labute approximate surface area is 170 Å². The number of hydrogen-bond donors (Lipinski definition) is 1. The molecule has 0 aliphatic carbocycles. The summed E-state index contributed by atoms with van der Waals surface area (Å²) in [6.07, 6.45) is 2.46. The van der Waals surface area contributed by atoms with E-state index in [1.54, 1.807) is 12.1 Å². The van der Waals surface area contributed by atoms with Crippen molar-refractivity contribution in [2.45, 2.75) is 13.3 Å². The van der Waals surface area contributed by atoms with Crippen molar-refractivity contribution in [3.05, 3.63) is 71.8 Å². The smallest absolute Gasteiger partial charge is 0.289 e. The molecule has 150 valence electrons. The van der Waals surface area contributed by atoms with Crippen molar-refractivity contribution in [1.82, 2.24) is 14.9 Å². The molecule has 0 spiro atoms. The minimum Gasteiger partial charge on any atom is -0.459 e. The van der Waals surface area contributed by atoms with E-state index >= 15 is 0 Å². The summed E-state index contributed by atoms with van der Waals surface area (Å²) in [5.74, 6) is 1.85. The summed E-state index contributed by atoms with van der Waals surface area (Å²) in [5, 5.41) is 3.40. The van der Waals surface area contributed by atoms with Crippen LogP contribution in [0.2, 0.25) is 0 Å². The lowest BCUT2D eigenvalue weighted by Gasteiger charge is -2.34. The third-order valence-corrected chi connectivity index (χ3v) is 4.99. The Balaban J connectivity index is 1.35. The number of carbonyl (C=O) groups excluding carboxylic acids is 1. The van der Waals surface area contributed by atoms with Gasteiger partial charge in [-0.3, -0.25) is 4.79 Å². The molecule has 0 bridgehead atoms. The SMILES string of the molecule is Cc1cc(NCCc2ccccc2)nc(N2CCN(C(=O)c3ccco3)CC2)n1. The number of aromatic nitrogens is 2. The summed E-state index contributed by atoms with van der Waals surface area (Å²) in [7, 11) is 0. The number of benzene rings is 1. The highest BCUT2D eigenvalue weighted by Gasteiger charge is 2.25. The highest BCUT2D eigenvalue weighted by molar-refractivity contribution is 5.91. The van der Waals surface area contributed by atoms with Crippen LogP contribution in [0, 0.1) is 6.92 Å². The lowest BCUT2D eigenvalue weighted by molar-refractivity contribution is 0.0714. The van der Waals surface area contributed by atoms with Crippen LogP contribution in [0.3, 0.4) is 0 Å². The molecule has 29 heavy (non-hydrogen) atoms. The number of nitrogens with one attached hydrogen (secondary N) is 1. The van der Waals surface area contributed by atoms with E-state index in [1.807, 2.05) is 24.0 Å². The summed E-state index contributed by atoms with van der Waals surface area (Å²) >= 11 is 0. The molecule has 2 aromatic heterocycles. The van der Waals surface area contributed by atoms with Crippen molar-refractivity contribution < 1.29 is 9.21 Å². The number of rotatable bonds is 6. The first-order chi connectivity index (χ1) is 14.2. The van der Waals surface area contributed by atoms with Crippen LogP contribution >= 0.6 is 0 Å². The van der Waals surface area contributed by atoms with Crippen LogP contribution in [0.1, 0.15) is 21.8 Å². The van der Waals surface area contributed by atoms with Crippen molar-refractivity contribution in [3.63, 3.8) is 0 Å². The molecule has 1 aliphatic rings. The molecule has 0 atom stereocenters. The lowest BCUT2D eigenvalue weighted by atomic mass is 10.1. The molecule has 3 aromatic rings. The topological polar surface area (TPSA) is 74.5 Å². The average molecular weight is 391 g/mol. The Morgan fingerprint density at radius 1 is 1.07 bits per heavy atom. The number of anilines is 2. The van der Waals surface area contributed by atoms with Gasteiger partial charge in [0.2, 0.25) is 5.95 Å².